The Morgan fingerprint density at radius 2 is 0.871 bits per heavy atom. The van der Waals surface area contributed by atoms with Crippen molar-refractivity contribution in [3.05, 3.63) is 54.1 Å². The van der Waals surface area contributed by atoms with E-state index in [1.807, 2.05) is 0 Å². The molecule has 0 aliphatic rings. The van der Waals surface area contributed by atoms with Crippen molar-refractivity contribution >= 4 is 17.3 Å². The van der Waals surface area contributed by atoms with Gasteiger partial charge in [-0.1, -0.05) is 58.1 Å². The molecule has 70 heavy (non-hydrogen) atoms. The molecule has 0 N–H and O–H groups in total. The van der Waals surface area contributed by atoms with Crippen LogP contribution in [0.3, 0.4) is 0 Å². The normalized spacial score (nSPS) is 15.0. The van der Waals surface area contributed by atoms with E-state index in [1.54, 1.807) is 24.3 Å². The molecule has 0 bridgehead atoms. The highest BCUT2D eigenvalue weighted by molar-refractivity contribution is 5.78. The molecule has 0 spiro atoms. The maximum atomic E-state index is 14.5. The lowest BCUT2D eigenvalue weighted by Gasteiger charge is -2.44. The average Bonchev–Trinajstić information content (AvgIpc) is 3.23. The number of rotatable bonds is 29. The highest BCUT2D eigenvalue weighted by Gasteiger charge is 2.97. The van der Waals surface area contributed by atoms with Gasteiger partial charge in [-0.15, -0.1) is 0 Å². The summed E-state index contributed by atoms with van der Waals surface area (Å²) in [5.74, 6) is -80.9. The van der Waals surface area contributed by atoms with Crippen LogP contribution < -0.4 is 4.74 Å². The molecular formula is C43H51F21N3O3+. The predicted molar refractivity (Wildman–Crippen MR) is 211 cm³/mol. The molecule has 0 aromatic heterocycles. The zero-order chi connectivity index (χ0) is 54.2. The number of carbonyl (C=O) groups is 1. The van der Waals surface area contributed by atoms with E-state index in [9.17, 15) is 97.0 Å². The fourth-order valence-electron chi connectivity index (χ4n) is 6.40. The van der Waals surface area contributed by atoms with E-state index in [0.29, 0.717) is 18.0 Å². The second-order valence-electron chi connectivity index (χ2n) is 17.9. The molecule has 1 unspecified atom stereocenters. The van der Waals surface area contributed by atoms with Crippen LogP contribution in [0.2, 0.25) is 0 Å². The number of hydrogen-bond donors (Lipinski definition) is 0. The molecule has 402 valence electrons. The van der Waals surface area contributed by atoms with Crippen molar-refractivity contribution in [1.29, 1.82) is 0 Å². The van der Waals surface area contributed by atoms with Crippen LogP contribution in [0.4, 0.5) is 104 Å². The number of ether oxygens (including phenoxy) is 2. The molecular weight excluding hydrogens is 1010 g/mol. The Balaban J connectivity index is 2.10. The molecule has 1 atom stereocenters. The van der Waals surface area contributed by atoms with Crippen molar-refractivity contribution in [3.63, 3.8) is 0 Å². The smallest absolute Gasteiger partial charge is 0.460 e. The van der Waals surface area contributed by atoms with Crippen LogP contribution in [-0.4, -0.2) is 111 Å². The van der Waals surface area contributed by atoms with Crippen molar-refractivity contribution in [2.75, 3.05) is 40.9 Å². The largest absolute Gasteiger partial charge is 0.494 e. The minimum Gasteiger partial charge on any atom is -0.494 e. The Labute approximate surface area is 388 Å². The summed E-state index contributed by atoms with van der Waals surface area (Å²) in [7, 11) is 6.50. The van der Waals surface area contributed by atoms with E-state index >= 15 is 0 Å². The van der Waals surface area contributed by atoms with Crippen LogP contribution in [0, 0.1) is 5.92 Å². The number of nitrogens with zero attached hydrogens (tertiary/aromatic N) is 3. The number of halogens is 21. The lowest BCUT2D eigenvalue weighted by atomic mass is 9.86. The maximum Gasteiger partial charge on any atom is 0.460 e. The van der Waals surface area contributed by atoms with Gasteiger partial charge in [-0.25, -0.2) is 0 Å². The number of alkyl halides is 21. The van der Waals surface area contributed by atoms with Crippen LogP contribution >= 0.6 is 0 Å². The Kier molecular flexibility index (Phi) is 20.1. The summed E-state index contributed by atoms with van der Waals surface area (Å²) in [4.78, 5) is 12.9. The van der Waals surface area contributed by atoms with Gasteiger partial charge in [-0.3, -0.25) is 4.79 Å². The van der Waals surface area contributed by atoms with Gasteiger partial charge in [-0.2, -0.15) is 102 Å². The van der Waals surface area contributed by atoms with Crippen LogP contribution in [0.15, 0.2) is 58.8 Å². The fraction of sp³-hybridized carbons (Fsp3) is 0.698. The minimum atomic E-state index is -9.26. The quantitative estimate of drug-likeness (QED) is 0.0268. The summed E-state index contributed by atoms with van der Waals surface area (Å²) in [6.07, 6.45) is -2.40. The Bertz CT molecular complexity index is 1980. The molecule has 0 aliphatic heterocycles. The number of unbranched alkanes of at least 4 members (excludes halogenated alkanes) is 7. The summed E-state index contributed by atoms with van der Waals surface area (Å²) < 4.78 is 300. The third-order valence-electron chi connectivity index (χ3n) is 10.6. The third-order valence-corrected chi connectivity index (χ3v) is 10.6. The number of hydrogen-bond acceptors (Lipinski definition) is 5. The zero-order valence-corrected chi connectivity index (χ0v) is 38.0. The van der Waals surface area contributed by atoms with Gasteiger partial charge in [0.1, 0.15) is 5.75 Å². The summed E-state index contributed by atoms with van der Waals surface area (Å²) in [5, 5.41) is 8.08. The van der Waals surface area contributed by atoms with Crippen LogP contribution in [0.5, 0.6) is 5.75 Å². The Hall–Kier alpha value is -4.20. The van der Waals surface area contributed by atoms with E-state index in [4.69, 9.17) is 4.74 Å². The highest BCUT2D eigenvalue weighted by atomic mass is 19.4. The van der Waals surface area contributed by atoms with Gasteiger partial charge in [-0.05, 0) is 73.6 Å². The molecule has 0 saturated heterocycles. The first-order valence-corrected chi connectivity index (χ1v) is 21.3. The molecule has 0 aliphatic carbocycles. The van der Waals surface area contributed by atoms with Gasteiger partial charge in [0.15, 0.2) is 0 Å². The number of azo groups is 1. The van der Waals surface area contributed by atoms with Crippen molar-refractivity contribution in [2.24, 2.45) is 16.1 Å². The molecule has 2 rings (SSSR count). The lowest BCUT2D eigenvalue weighted by molar-refractivity contribution is -0.870. The highest BCUT2D eigenvalue weighted by Crippen LogP contribution is 2.66. The monoisotopic (exact) mass is 1060 g/mol. The molecule has 0 heterocycles. The van der Waals surface area contributed by atoms with Crippen LogP contribution in [0.1, 0.15) is 89.5 Å². The summed E-state index contributed by atoms with van der Waals surface area (Å²) in [6.45, 7) is 2.49. The van der Waals surface area contributed by atoms with Gasteiger partial charge in [0.25, 0.3) is 0 Å². The number of esters is 1. The first kappa shape index (κ1) is 61.9. The van der Waals surface area contributed by atoms with Crippen molar-refractivity contribution < 1.29 is 111 Å². The fourth-order valence-corrected chi connectivity index (χ4v) is 6.40. The van der Waals surface area contributed by atoms with Crippen molar-refractivity contribution in [2.45, 2.75) is 143 Å². The average molecular weight is 1060 g/mol. The van der Waals surface area contributed by atoms with E-state index < -0.39 is 90.3 Å². The van der Waals surface area contributed by atoms with E-state index in [1.165, 1.54) is 63.8 Å². The van der Waals surface area contributed by atoms with Crippen LogP contribution in [0.25, 0.3) is 0 Å². The summed E-state index contributed by atoms with van der Waals surface area (Å²) in [5.41, 5.74) is 0.574. The Morgan fingerprint density at radius 1 is 0.500 bits per heavy atom. The molecule has 0 fully saturated rings. The molecule has 2 aromatic carbocycles. The second kappa shape index (κ2) is 22.7. The molecule has 6 nitrogen and oxygen atoms in total. The van der Waals surface area contributed by atoms with E-state index in [0.717, 1.165) is 36.7 Å². The number of quaternary nitrogens is 1. The second-order valence-corrected chi connectivity index (χ2v) is 17.9. The standard InChI is InChI=1S/C43H51F21N3O3/c1-27(2)26-32(28-14-16-29(17-15-28)65-66-30-18-20-31(21-19-30)69-24-13-11-9-7-6-8-10-12-23-67(3,4)5)33(68)70-25-22-34(44,45)35(46,47)36(48,49)37(50,51)38(52,53)39(54,55)40(56,57)41(58,59)42(60,61)43(62,63)64/h14-21,27,32H,6-13,22-26H2,1-5H3/q+1. The molecule has 0 saturated carbocycles. The zero-order valence-electron chi connectivity index (χ0n) is 38.0. The first-order valence-electron chi connectivity index (χ1n) is 21.3. The van der Waals surface area contributed by atoms with Gasteiger partial charge in [0.2, 0.25) is 0 Å². The Morgan fingerprint density at radius 3 is 1.27 bits per heavy atom. The summed E-state index contributed by atoms with van der Waals surface area (Å²) >= 11 is 0. The van der Waals surface area contributed by atoms with Crippen molar-refractivity contribution in [3.8, 4) is 5.75 Å². The third kappa shape index (κ3) is 13.6. The molecule has 27 heteroatoms. The van der Waals surface area contributed by atoms with Gasteiger partial charge in [0, 0.05) is 0 Å². The molecule has 2 aromatic rings. The minimum absolute atomic E-state index is 0.0204. The SMILES string of the molecule is CC(C)CC(C(=O)OCCC(F)(F)C(F)(F)C(F)(F)C(F)(F)C(F)(F)C(F)(F)C(F)(F)C(F)(F)C(F)(F)C(F)(F)F)c1ccc(N=Nc2ccc(OCCCCCCCCCC[N+](C)(C)C)cc2)cc1. The van der Waals surface area contributed by atoms with E-state index in [2.05, 4.69) is 36.1 Å². The number of carbonyl (C=O) groups excluding carboxylic acids is 1. The number of benzene rings is 2. The predicted octanol–water partition coefficient (Wildman–Crippen LogP) is 15.7. The molecule has 0 radical (unpaired) electrons. The van der Waals surface area contributed by atoms with Crippen LogP contribution in [-0.2, 0) is 9.53 Å². The van der Waals surface area contributed by atoms with Gasteiger partial charge in [0.05, 0.1) is 64.6 Å². The first-order chi connectivity index (χ1) is 31.6. The van der Waals surface area contributed by atoms with Crippen molar-refractivity contribution in [1.82, 2.24) is 0 Å². The topological polar surface area (TPSA) is 60.2 Å². The van der Waals surface area contributed by atoms with Gasteiger partial charge < -0.3 is 14.0 Å². The lowest BCUT2D eigenvalue weighted by Crippen LogP contribution is -2.76. The summed E-state index contributed by atoms with van der Waals surface area (Å²) in [6, 6.07) is 11.6. The maximum absolute atomic E-state index is 14.5. The van der Waals surface area contributed by atoms with Gasteiger partial charge >= 0.3 is 65.4 Å². The molecule has 0 amide bonds. The van der Waals surface area contributed by atoms with E-state index in [-0.39, 0.29) is 17.7 Å².